The molecule has 0 saturated heterocycles. The molecule has 32 heavy (non-hydrogen) atoms. The molecule has 0 amide bonds. The zero-order chi connectivity index (χ0) is 23.5. The highest BCUT2D eigenvalue weighted by Crippen LogP contribution is 2.36. The molecule has 0 aliphatic rings. The van der Waals surface area contributed by atoms with Gasteiger partial charge in [0.1, 0.15) is 0 Å². The number of hydrogen-bond acceptors (Lipinski definition) is 5. The van der Waals surface area contributed by atoms with Crippen molar-refractivity contribution in [3.05, 3.63) is 65.5 Å². The van der Waals surface area contributed by atoms with E-state index in [1.165, 1.54) is 11.3 Å². The summed E-state index contributed by atoms with van der Waals surface area (Å²) >= 11 is 1.47. The summed E-state index contributed by atoms with van der Waals surface area (Å²) in [5.74, 6) is 0. The van der Waals surface area contributed by atoms with Crippen LogP contribution in [0.1, 0.15) is 33.3 Å². The van der Waals surface area contributed by atoms with Crippen LogP contribution in [0, 0.1) is 0 Å². The van der Waals surface area contributed by atoms with Crippen LogP contribution in [0.4, 0.5) is 5.69 Å². The van der Waals surface area contributed by atoms with E-state index in [1.807, 2.05) is 53.9 Å². The SMILES string of the molecule is CC(C)S(=O)(=O)NCc1ccccc1-c1ccc(-c2sccc2NS(=O)(=O)C(C)C)cc1. The van der Waals surface area contributed by atoms with Crippen LogP contribution >= 0.6 is 11.3 Å². The summed E-state index contributed by atoms with van der Waals surface area (Å²) < 4.78 is 54.2. The van der Waals surface area contributed by atoms with Crippen LogP contribution in [-0.2, 0) is 26.6 Å². The van der Waals surface area contributed by atoms with E-state index in [4.69, 9.17) is 0 Å². The third kappa shape index (κ3) is 5.58. The van der Waals surface area contributed by atoms with Crippen molar-refractivity contribution in [2.75, 3.05) is 4.72 Å². The molecule has 0 bridgehead atoms. The Bertz CT molecular complexity index is 1280. The topological polar surface area (TPSA) is 92.3 Å². The summed E-state index contributed by atoms with van der Waals surface area (Å²) in [5, 5.41) is 0.835. The van der Waals surface area contributed by atoms with Gasteiger partial charge in [-0.1, -0.05) is 48.5 Å². The Labute approximate surface area is 194 Å². The van der Waals surface area contributed by atoms with Gasteiger partial charge in [-0.25, -0.2) is 21.6 Å². The predicted octanol–water partition coefficient (Wildman–Crippen LogP) is 5.06. The zero-order valence-corrected chi connectivity index (χ0v) is 20.9. The van der Waals surface area contributed by atoms with Crippen molar-refractivity contribution in [1.82, 2.24) is 4.72 Å². The first-order valence-electron chi connectivity index (χ1n) is 10.3. The molecule has 0 unspecified atom stereocenters. The Morgan fingerprint density at radius 2 is 1.38 bits per heavy atom. The fraction of sp³-hybridized carbons (Fsp3) is 0.304. The van der Waals surface area contributed by atoms with Crippen LogP contribution in [0.5, 0.6) is 0 Å². The van der Waals surface area contributed by atoms with E-state index in [0.29, 0.717) is 5.69 Å². The fourth-order valence-corrected chi connectivity index (χ4v) is 5.31. The van der Waals surface area contributed by atoms with Crippen LogP contribution in [0.15, 0.2) is 60.0 Å². The van der Waals surface area contributed by atoms with Gasteiger partial charge in [-0.2, -0.15) is 0 Å². The predicted molar refractivity (Wildman–Crippen MR) is 134 cm³/mol. The highest BCUT2D eigenvalue weighted by molar-refractivity contribution is 7.93. The van der Waals surface area contributed by atoms with E-state index in [9.17, 15) is 16.8 Å². The summed E-state index contributed by atoms with van der Waals surface area (Å²) in [4.78, 5) is 0.846. The Morgan fingerprint density at radius 1 is 0.781 bits per heavy atom. The van der Waals surface area contributed by atoms with Gasteiger partial charge in [0.2, 0.25) is 20.0 Å². The van der Waals surface area contributed by atoms with Crippen LogP contribution in [0.2, 0.25) is 0 Å². The second-order valence-electron chi connectivity index (χ2n) is 8.01. The number of thiophene rings is 1. The molecule has 1 aromatic heterocycles. The van der Waals surface area contributed by atoms with E-state index >= 15 is 0 Å². The number of benzene rings is 2. The molecule has 0 aliphatic carbocycles. The maximum Gasteiger partial charge on any atom is 0.235 e. The lowest BCUT2D eigenvalue weighted by atomic mass is 9.98. The van der Waals surface area contributed by atoms with E-state index in [1.54, 1.807) is 33.8 Å². The Morgan fingerprint density at radius 3 is 2.00 bits per heavy atom. The van der Waals surface area contributed by atoms with Gasteiger partial charge in [0.15, 0.2) is 0 Å². The summed E-state index contributed by atoms with van der Waals surface area (Å²) in [6.45, 7) is 6.79. The number of hydrogen-bond donors (Lipinski definition) is 2. The van der Waals surface area contributed by atoms with Gasteiger partial charge in [0, 0.05) is 6.54 Å². The Hall–Kier alpha value is -2.20. The molecular formula is C23H28N2O4S3. The largest absolute Gasteiger partial charge is 0.282 e. The van der Waals surface area contributed by atoms with Crippen LogP contribution in [0.3, 0.4) is 0 Å². The van der Waals surface area contributed by atoms with E-state index < -0.39 is 30.5 Å². The van der Waals surface area contributed by atoms with Gasteiger partial charge in [0.25, 0.3) is 0 Å². The minimum atomic E-state index is -3.43. The zero-order valence-electron chi connectivity index (χ0n) is 18.5. The fourth-order valence-electron chi connectivity index (χ4n) is 2.99. The van der Waals surface area contributed by atoms with Gasteiger partial charge in [-0.3, -0.25) is 4.72 Å². The summed E-state index contributed by atoms with van der Waals surface area (Å²) in [6.07, 6.45) is 0. The van der Waals surface area contributed by atoms with Gasteiger partial charge in [-0.15, -0.1) is 11.3 Å². The first-order chi connectivity index (χ1) is 15.0. The molecule has 1 heterocycles. The third-order valence-corrected chi connectivity index (χ3v) is 9.59. The smallest absolute Gasteiger partial charge is 0.235 e. The first kappa shape index (κ1) is 24.4. The van der Waals surface area contributed by atoms with Crippen LogP contribution in [-0.4, -0.2) is 27.3 Å². The first-order valence-corrected chi connectivity index (χ1v) is 14.2. The van der Waals surface area contributed by atoms with Crippen molar-refractivity contribution in [2.24, 2.45) is 0 Å². The van der Waals surface area contributed by atoms with Crippen molar-refractivity contribution in [2.45, 2.75) is 44.7 Å². The molecule has 172 valence electrons. The second-order valence-corrected chi connectivity index (χ2v) is 13.5. The summed E-state index contributed by atoms with van der Waals surface area (Å²) in [5.41, 5.74) is 4.25. The molecule has 0 spiro atoms. The Kier molecular flexibility index (Phi) is 7.44. The van der Waals surface area contributed by atoms with Gasteiger partial charge < -0.3 is 0 Å². The standard InChI is InChI=1S/C23H28N2O4S3/c1-16(2)31(26,27)24-15-20-7-5-6-8-21(20)18-9-11-19(12-10-18)23-22(13-14-30-23)25-32(28,29)17(3)4/h5-14,16-17,24-25H,15H2,1-4H3. The lowest BCUT2D eigenvalue weighted by Crippen LogP contribution is -2.30. The lowest BCUT2D eigenvalue weighted by Gasteiger charge is -2.14. The van der Waals surface area contributed by atoms with E-state index in [2.05, 4.69) is 9.44 Å². The molecule has 0 atom stereocenters. The minimum Gasteiger partial charge on any atom is -0.282 e. The molecule has 0 fully saturated rings. The lowest BCUT2D eigenvalue weighted by molar-refractivity contribution is 0.572. The molecule has 6 nitrogen and oxygen atoms in total. The molecule has 9 heteroatoms. The van der Waals surface area contributed by atoms with Crippen molar-refractivity contribution in [1.29, 1.82) is 0 Å². The molecule has 3 aromatic rings. The molecule has 0 saturated carbocycles. The molecule has 0 radical (unpaired) electrons. The van der Waals surface area contributed by atoms with Crippen molar-refractivity contribution in [3.8, 4) is 21.6 Å². The maximum absolute atomic E-state index is 12.3. The average Bonchev–Trinajstić information content (AvgIpc) is 3.20. The number of sulfonamides is 2. The third-order valence-electron chi connectivity index (χ3n) is 5.10. The monoisotopic (exact) mass is 492 g/mol. The van der Waals surface area contributed by atoms with Crippen molar-refractivity contribution >= 4 is 37.1 Å². The Balaban J connectivity index is 1.86. The van der Waals surface area contributed by atoms with Crippen molar-refractivity contribution < 1.29 is 16.8 Å². The van der Waals surface area contributed by atoms with E-state index in [0.717, 1.165) is 27.1 Å². The maximum atomic E-state index is 12.3. The highest BCUT2D eigenvalue weighted by Gasteiger charge is 2.19. The molecule has 2 aromatic carbocycles. The molecular weight excluding hydrogens is 464 g/mol. The second kappa shape index (κ2) is 9.74. The van der Waals surface area contributed by atoms with Crippen LogP contribution < -0.4 is 9.44 Å². The van der Waals surface area contributed by atoms with Gasteiger partial charge >= 0.3 is 0 Å². The number of anilines is 1. The number of rotatable bonds is 9. The minimum absolute atomic E-state index is 0.213. The normalized spacial score (nSPS) is 12.4. The average molecular weight is 493 g/mol. The van der Waals surface area contributed by atoms with E-state index in [-0.39, 0.29) is 6.54 Å². The summed E-state index contributed by atoms with van der Waals surface area (Å²) in [6, 6.07) is 17.3. The molecule has 0 aliphatic heterocycles. The highest BCUT2D eigenvalue weighted by atomic mass is 32.2. The molecule has 2 N–H and O–H groups in total. The van der Waals surface area contributed by atoms with Gasteiger partial charge in [0.05, 0.1) is 21.1 Å². The van der Waals surface area contributed by atoms with Crippen molar-refractivity contribution in [3.63, 3.8) is 0 Å². The van der Waals surface area contributed by atoms with Gasteiger partial charge in [-0.05, 0) is 61.4 Å². The quantitative estimate of drug-likeness (QED) is 0.437. The van der Waals surface area contributed by atoms with Crippen LogP contribution in [0.25, 0.3) is 21.6 Å². The summed E-state index contributed by atoms with van der Waals surface area (Å²) in [7, 11) is -6.79. The number of nitrogens with one attached hydrogen (secondary N) is 2. The molecule has 3 rings (SSSR count).